The summed E-state index contributed by atoms with van der Waals surface area (Å²) in [5.74, 6) is -1.07. The van der Waals surface area contributed by atoms with Gasteiger partial charge in [0.05, 0.1) is 6.54 Å². The number of nitrogens with two attached hydrogens (primary N) is 1. The Hall–Kier alpha value is -1.14. The zero-order valence-electron chi connectivity index (χ0n) is 11.4. The predicted molar refractivity (Wildman–Crippen MR) is 70.6 cm³/mol. The molecule has 1 atom stereocenters. The van der Waals surface area contributed by atoms with Crippen LogP contribution in [-0.4, -0.2) is 53.1 Å². The van der Waals surface area contributed by atoms with E-state index in [9.17, 15) is 14.7 Å². The first-order valence-electron chi connectivity index (χ1n) is 6.94. The first-order valence-corrected chi connectivity index (χ1v) is 6.94. The molecule has 2 aliphatic rings. The van der Waals surface area contributed by atoms with Crippen LogP contribution in [0.1, 0.15) is 32.6 Å². The fourth-order valence-electron chi connectivity index (χ4n) is 2.63. The Bertz CT molecular complexity index is 362. The number of carboxylic acid groups (broad SMARTS) is 1. The lowest BCUT2D eigenvalue weighted by Crippen LogP contribution is -2.56. The number of hydrogen-bond donors (Lipinski definition) is 3. The van der Waals surface area contributed by atoms with E-state index in [4.69, 9.17) is 5.73 Å². The lowest BCUT2D eigenvalue weighted by atomic mass is 9.96. The molecule has 1 saturated heterocycles. The molecule has 6 heteroatoms. The van der Waals surface area contributed by atoms with Gasteiger partial charge in [-0.05, 0) is 38.5 Å². The van der Waals surface area contributed by atoms with Crippen molar-refractivity contribution < 1.29 is 14.7 Å². The minimum atomic E-state index is -1.11. The number of nitrogens with one attached hydrogen (secondary N) is 1. The van der Waals surface area contributed by atoms with Gasteiger partial charge in [0.15, 0.2) is 0 Å². The highest BCUT2D eigenvalue weighted by Crippen LogP contribution is 2.39. The largest absolute Gasteiger partial charge is 0.480 e. The number of carbonyl (C=O) groups excluding carboxylic acids is 1. The summed E-state index contributed by atoms with van der Waals surface area (Å²) in [6.07, 6.45) is 3.54. The normalized spacial score (nSPS) is 24.7. The van der Waals surface area contributed by atoms with Gasteiger partial charge in [0.2, 0.25) is 5.91 Å². The average molecular weight is 269 g/mol. The standard InChI is InChI=1S/C13H23N3O3/c1-13(12(18)19,9-2-3-9)15-11(17)8-16-6-4-10(14)5-7-16/h9-10H,2-8,14H2,1H3,(H,15,17)(H,18,19). The molecule has 0 aromatic heterocycles. The zero-order valence-corrected chi connectivity index (χ0v) is 11.4. The molecule has 1 aliphatic heterocycles. The summed E-state index contributed by atoms with van der Waals surface area (Å²) in [5.41, 5.74) is 4.70. The first-order chi connectivity index (χ1) is 8.91. The lowest BCUT2D eigenvalue weighted by Gasteiger charge is -2.31. The van der Waals surface area contributed by atoms with Crippen molar-refractivity contribution in [3.8, 4) is 0 Å². The minimum Gasteiger partial charge on any atom is -0.480 e. The van der Waals surface area contributed by atoms with E-state index in [0.717, 1.165) is 38.8 Å². The Morgan fingerprint density at radius 3 is 2.37 bits per heavy atom. The van der Waals surface area contributed by atoms with Gasteiger partial charge in [-0.3, -0.25) is 9.69 Å². The number of amides is 1. The molecule has 4 N–H and O–H groups in total. The smallest absolute Gasteiger partial charge is 0.329 e. The highest BCUT2D eigenvalue weighted by molar-refractivity contribution is 5.88. The van der Waals surface area contributed by atoms with E-state index in [-0.39, 0.29) is 24.4 Å². The van der Waals surface area contributed by atoms with Crippen LogP contribution in [-0.2, 0) is 9.59 Å². The van der Waals surface area contributed by atoms with Crippen molar-refractivity contribution >= 4 is 11.9 Å². The van der Waals surface area contributed by atoms with Gasteiger partial charge in [0.1, 0.15) is 5.54 Å². The van der Waals surface area contributed by atoms with Crippen molar-refractivity contribution in [1.82, 2.24) is 10.2 Å². The predicted octanol–water partition coefficient (Wildman–Crippen LogP) is -0.221. The number of carbonyl (C=O) groups is 2. The van der Waals surface area contributed by atoms with Crippen LogP contribution in [0.15, 0.2) is 0 Å². The van der Waals surface area contributed by atoms with Crippen molar-refractivity contribution in [3.63, 3.8) is 0 Å². The van der Waals surface area contributed by atoms with Gasteiger partial charge in [-0.15, -0.1) is 0 Å². The number of nitrogens with zero attached hydrogens (tertiary/aromatic N) is 1. The molecular weight excluding hydrogens is 246 g/mol. The highest BCUT2D eigenvalue weighted by Gasteiger charge is 2.48. The molecule has 108 valence electrons. The zero-order chi connectivity index (χ0) is 14.0. The molecular formula is C13H23N3O3. The Labute approximate surface area is 113 Å². The maximum absolute atomic E-state index is 12.0. The number of rotatable bonds is 5. The van der Waals surface area contributed by atoms with E-state index >= 15 is 0 Å². The van der Waals surface area contributed by atoms with Crippen LogP contribution in [0, 0.1) is 5.92 Å². The summed E-state index contributed by atoms with van der Waals surface area (Å²) in [6.45, 7) is 3.49. The fourth-order valence-corrected chi connectivity index (χ4v) is 2.63. The SMILES string of the molecule is CC(NC(=O)CN1CCC(N)CC1)(C(=O)O)C1CC1. The maximum atomic E-state index is 12.0. The molecule has 6 nitrogen and oxygen atoms in total. The van der Waals surface area contributed by atoms with Gasteiger partial charge >= 0.3 is 5.97 Å². The fraction of sp³-hybridized carbons (Fsp3) is 0.846. The van der Waals surface area contributed by atoms with Crippen LogP contribution in [0.25, 0.3) is 0 Å². The van der Waals surface area contributed by atoms with E-state index < -0.39 is 11.5 Å². The average Bonchev–Trinajstić information content (AvgIpc) is 3.16. The van der Waals surface area contributed by atoms with Crippen LogP contribution in [0.3, 0.4) is 0 Å². The molecule has 19 heavy (non-hydrogen) atoms. The number of likely N-dealkylation sites (tertiary alicyclic amines) is 1. The summed E-state index contributed by atoms with van der Waals surface area (Å²) in [6, 6.07) is 0.232. The summed E-state index contributed by atoms with van der Waals surface area (Å²) in [7, 11) is 0. The third kappa shape index (κ3) is 3.45. The van der Waals surface area contributed by atoms with Gasteiger partial charge in [0.25, 0.3) is 0 Å². The van der Waals surface area contributed by atoms with Gasteiger partial charge < -0.3 is 16.2 Å². The molecule has 1 saturated carbocycles. The second kappa shape index (κ2) is 5.46. The van der Waals surface area contributed by atoms with E-state index in [1.807, 2.05) is 4.90 Å². The lowest BCUT2D eigenvalue weighted by molar-refractivity contribution is -0.148. The van der Waals surface area contributed by atoms with Crippen molar-refractivity contribution in [2.45, 2.75) is 44.2 Å². The maximum Gasteiger partial charge on any atom is 0.329 e. The molecule has 1 unspecified atom stereocenters. The topological polar surface area (TPSA) is 95.7 Å². The monoisotopic (exact) mass is 269 g/mol. The minimum absolute atomic E-state index is 0.0729. The van der Waals surface area contributed by atoms with Crippen LogP contribution < -0.4 is 11.1 Å². The quantitative estimate of drug-likeness (QED) is 0.641. The molecule has 2 rings (SSSR count). The molecule has 1 heterocycles. The Morgan fingerprint density at radius 1 is 1.32 bits per heavy atom. The molecule has 1 amide bonds. The number of hydrogen-bond acceptors (Lipinski definition) is 4. The van der Waals surface area contributed by atoms with Gasteiger partial charge in [0, 0.05) is 19.1 Å². The van der Waals surface area contributed by atoms with Crippen molar-refractivity contribution in [3.05, 3.63) is 0 Å². The summed E-state index contributed by atoms with van der Waals surface area (Å²) < 4.78 is 0. The van der Waals surface area contributed by atoms with Crippen LogP contribution in [0.2, 0.25) is 0 Å². The number of carboxylic acids is 1. The van der Waals surface area contributed by atoms with Crippen LogP contribution in [0.5, 0.6) is 0 Å². The molecule has 1 aliphatic carbocycles. The summed E-state index contributed by atoms with van der Waals surface area (Å²) >= 11 is 0. The van der Waals surface area contributed by atoms with E-state index in [2.05, 4.69) is 5.32 Å². The molecule has 0 aromatic carbocycles. The number of aliphatic carboxylic acids is 1. The van der Waals surface area contributed by atoms with Crippen LogP contribution in [0.4, 0.5) is 0 Å². The van der Waals surface area contributed by atoms with Crippen molar-refractivity contribution in [2.24, 2.45) is 11.7 Å². The Kier molecular flexibility index (Phi) is 4.10. The molecule has 0 aromatic rings. The second-order valence-electron chi connectivity index (χ2n) is 5.94. The van der Waals surface area contributed by atoms with Crippen molar-refractivity contribution in [2.75, 3.05) is 19.6 Å². The summed E-state index contributed by atoms with van der Waals surface area (Å²) in [4.78, 5) is 25.4. The van der Waals surface area contributed by atoms with Gasteiger partial charge in [-0.1, -0.05) is 0 Å². The van der Waals surface area contributed by atoms with Crippen molar-refractivity contribution in [1.29, 1.82) is 0 Å². The second-order valence-corrected chi connectivity index (χ2v) is 5.94. The molecule has 2 fully saturated rings. The first kappa shape index (κ1) is 14.3. The Balaban J connectivity index is 1.84. The molecule has 0 bridgehead atoms. The van der Waals surface area contributed by atoms with Gasteiger partial charge in [-0.2, -0.15) is 0 Å². The van der Waals surface area contributed by atoms with E-state index in [1.165, 1.54) is 0 Å². The summed E-state index contributed by atoms with van der Waals surface area (Å²) in [5, 5.41) is 12.0. The third-order valence-electron chi connectivity index (χ3n) is 4.24. The number of piperidine rings is 1. The van der Waals surface area contributed by atoms with E-state index in [0.29, 0.717) is 0 Å². The Morgan fingerprint density at radius 2 is 1.89 bits per heavy atom. The molecule has 0 radical (unpaired) electrons. The van der Waals surface area contributed by atoms with Crippen LogP contribution >= 0.6 is 0 Å². The third-order valence-corrected chi connectivity index (χ3v) is 4.24. The highest BCUT2D eigenvalue weighted by atomic mass is 16.4. The molecule has 0 spiro atoms. The van der Waals surface area contributed by atoms with E-state index in [1.54, 1.807) is 6.92 Å². The van der Waals surface area contributed by atoms with Gasteiger partial charge in [-0.25, -0.2) is 4.79 Å².